The summed E-state index contributed by atoms with van der Waals surface area (Å²) in [5.74, 6) is 2.03. The first-order valence-corrected chi connectivity index (χ1v) is 10.4. The first-order valence-electron chi connectivity index (χ1n) is 10.4. The molecule has 0 bridgehead atoms. The van der Waals surface area contributed by atoms with Gasteiger partial charge in [-0.25, -0.2) is 4.98 Å². The van der Waals surface area contributed by atoms with Gasteiger partial charge in [0.1, 0.15) is 17.3 Å². The van der Waals surface area contributed by atoms with Crippen molar-refractivity contribution in [3.63, 3.8) is 0 Å². The molecular weight excluding hydrogens is 378 g/mol. The number of hydrogen-bond acceptors (Lipinski definition) is 5. The molecule has 0 aliphatic carbocycles. The summed E-state index contributed by atoms with van der Waals surface area (Å²) < 4.78 is 10.8. The summed E-state index contributed by atoms with van der Waals surface area (Å²) in [5, 5.41) is 4.19. The Morgan fingerprint density at radius 1 is 0.967 bits per heavy atom. The van der Waals surface area contributed by atoms with Crippen molar-refractivity contribution in [2.75, 3.05) is 32.6 Å². The van der Waals surface area contributed by atoms with Gasteiger partial charge in [-0.05, 0) is 37.1 Å². The summed E-state index contributed by atoms with van der Waals surface area (Å²) in [5.41, 5.74) is 2.22. The fraction of sp³-hybridized carbons (Fsp3) is 0.333. The highest BCUT2D eigenvalue weighted by atomic mass is 16.5. The number of fused-ring (bicyclic) bond motifs is 1. The molecule has 0 saturated carbocycles. The summed E-state index contributed by atoms with van der Waals surface area (Å²) in [7, 11) is 3.23. The van der Waals surface area contributed by atoms with E-state index >= 15 is 0 Å². The van der Waals surface area contributed by atoms with Gasteiger partial charge in [-0.1, -0.05) is 31.0 Å². The molecule has 156 valence electrons. The number of methoxy groups -OCH3 is 2. The maximum absolute atomic E-state index is 13.4. The second kappa shape index (κ2) is 9.03. The molecule has 1 aliphatic heterocycles. The van der Waals surface area contributed by atoms with Crippen LogP contribution in [0, 0.1) is 0 Å². The summed E-state index contributed by atoms with van der Waals surface area (Å²) in [4.78, 5) is 20.1. The molecule has 3 aromatic rings. The third-order valence-electron chi connectivity index (χ3n) is 5.51. The van der Waals surface area contributed by atoms with E-state index in [4.69, 9.17) is 14.5 Å². The fourth-order valence-corrected chi connectivity index (χ4v) is 3.90. The van der Waals surface area contributed by atoms with Gasteiger partial charge >= 0.3 is 0 Å². The number of nitrogens with zero attached hydrogens (tertiary/aromatic N) is 2. The first kappa shape index (κ1) is 20.0. The van der Waals surface area contributed by atoms with Gasteiger partial charge in [0, 0.05) is 24.5 Å². The minimum atomic E-state index is 0.0697. The van der Waals surface area contributed by atoms with Crippen LogP contribution in [0.15, 0.2) is 48.5 Å². The molecule has 6 heteroatoms. The molecule has 1 aromatic heterocycles. The predicted molar refractivity (Wildman–Crippen MR) is 119 cm³/mol. The zero-order valence-electron chi connectivity index (χ0n) is 17.5. The normalized spacial score (nSPS) is 14.3. The third kappa shape index (κ3) is 4.17. The number of hydrogen-bond donors (Lipinski definition) is 1. The largest absolute Gasteiger partial charge is 0.497 e. The van der Waals surface area contributed by atoms with Crippen LogP contribution in [0.25, 0.3) is 10.9 Å². The monoisotopic (exact) mass is 405 g/mol. The second-order valence-corrected chi connectivity index (χ2v) is 7.47. The zero-order chi connectivity index (χ0) is 20.9. The standard InChI is InChI=1S/C24H27N3O3/c1-29-17-11-12-21(22(15-17)30-2)26-23-16-19(18-9-5-6-10-20(18)25-23)24(28)27-13-7-3-4-8-14-27/h5-6,9-12,15-16H,3-4,7-8,13-14H2,1-2H3,(H,25,26). The quantitative estimate of drug-likeness (QED) is 0.646. The number of pyridine rings is 1. The summed E-state index contributed by atoms with van der Waals surface area (Å²) in [6.45, 7) is 1.62. The van der Waals surface area contributed by atoms with Gasteiger partial charge < -0.3 is 19.7 Å². The highest BCUT2D eigenvalue weighted by Gasteiger charge is 2.21. The molecule has 0 spiro atoms. The molecule has 4 rings (SSSR count). The van der Waals surface area contributed by atoms with Crippen LogP contribution in [0.2, 0.25) is 0 Å². The van der Waals surface area contributed by atoms with Crippen LogP contribution >= 0.6 is 0 Å². The number of carbonyl (C=O) groups is 1. The maximum Gasteiger partial charge on any atom is 0.254 e. The van der Waals surface area contributed by atoms with E-state index in [1.807, 2.05) is 53.4 Å². The lowest BCUT2D eigenvalue weighted by atomic mass is 10.1. The van der Waals surface area contributed by atoms with Gasteiger partial charge in [0.15, 0.2) is 0 Å². The molecule has 30 heavy (non-hydrogen) atoms. The lowest BCUT2D eigenvalue weighted by Crippen LogP contribution is -2.32. The Balaban J connectivity index is 1.72. The topological polar surface area (TPSA) is 63.7 Å². The number of ether oxygens (including phenoxy) is 2. The third-order valence-corrected chi connectivity index (χ3v) is 5.51. The maximum atomic E-state index is 13.4. The lowest BCUT2D eigenvalue weighted by molar-refractivity contribution is 0.0763. The molecule has 0 unspecified atom stereocenters. The number of aromatic nitrogens is 1. The highest BCUT2D eigenvalue weighted by molar-refractivity contribution is 6.07. The van der Waals surface area contributed by atoms with Crippen LogP contribution in [-0.2, 0) is 0 Å². The number of likely N-dealkylation sites (tertiary alicyclic amines) is 1. The van der Waals surface area contributed by atoms with E-state index in [1.54, 1.807) is 14.2 Å². The number of rotatable bonds is 5. The average Bonchev–Trinajstić information content (AvgIpc) is 3.08. The molecule has 6 nitrogen and oxygen atoms in total. The van der Waals surface area contributed by atoms with Crippen molar-refractivity contribution in [3.8, 4) is 11.5 Å². The smallest absolute Gasteiger partial charge is 0.254 e. The summed E-state index contributed by atoms with van der Waals surface area (Å²) in [6, 6.07) is 15.2. The van der Waals surface area contributed by atoms with E-state index in [0.29, 0.717) is 22.9 Å². The van der Waals surface area contributed by atoms with Crippen molar-refractivity contribution in [1.82, 2.24) is 9.88 Å². The number of para-hydroxylation sites is 1. The molecule has 1 saturated heterocycles. The molecule has 2 heterocycles. The Morgan fingerprint density at radius 3 is 2.47 bits per heavy atom. The Hall–Kier alpha value is -3.28. The van der Waals surface area contributed by atoms with Crippen LogP contribution in [0.1, 0.15) is 36.0 Å². The number of anilines is 2. The SMILES string of the molecule is COc1ccc(Nc2cc(C(=O)N3CCCCCC3)c3ccccc3n2)c(OC)c1. The van der Waals surface area contributed by atoms with E-state index in [0.717, 1.165) is 42.5 Å². The minimum Gasteiger partial charge on any atom is -0.497 e. The van der Waals surface area contributed by atoms with Gasteiger partial charge in [0.05, 0.1) is 31.0 Å². The van der Waals surface area contributed by atoms with Gasteiger partial charge in [-0.15, -0.1) is 0 Å². The molecule has 1 amide bonds. The van der Waals surface area contributed by atoms with Crippen molar-refractivity contribution < 1.29 is 14.3 Å². The Kier molecular flexibility index (Phi) is 6.02. The second-order valence-electron chi connectivity index (χ2n) is 7.47. The van der Waals surface area contributed by atoms with Gasteiger partial charge in [0.25, 0.3) is 5.91 Å². The highest BCUT2D eigenvalue weighted by Crippen LogP contribution is 2.32. The predicted octanol–water partition coefficient (Wildman–Crippen LogP) is 5.01. The number of benzene rings is 2. The summed E-state index contributed by atoms with van der Waals surface area (Å²) >= 11 is 0. The molecular formula is C24H27N3O3. The van der Waals surface area contributed by atoms with Crippen molar-refractivity contribution in [2.45, 2.75) is 25.7 Å². The Morgan fingerprint density at radius 2 is 1.73 bits per heavy atom. The number of amides is 1. The minimum absolute atomic E-state index is 0.0697. The van der Waals surface area contributed by atoms with Gasteiger partial charge in [0.2, 0.25) is 0 Å². The van der Waals surface area contributed by atoms with E-state index < -0.39 is 0 Å². The molecule has 1 N–H and O–H groups in total. The van der Waals surface area contributed by atoms with Crippen LogP contribution in [-0.4, -0.2) is 43.1 Å². The van der Waals surface area contributed by atoms with Crippen molar-refractivity contribution in [3.05, 3.63) is 54.1 Å². The summed E-state index contributed by atoms with van der Waals surface area (Å²) in [6.07, 6.45) is 4.49. The first-order chi connectivity index (χ1) is 14.7. The van der Waals surface area contributed by atoms with Crippen LogP contribution in [0.5, 0.6) is 11.5 Å². The Labute approximate surface area is 176 Å². The van der Waals surface area contributed by atoms with Crippen molar-refractivity contribution in [1.29, 1.82) is 0 Å². The molecule has 1 aliphatic rings. The molecule has 0 radical (unpaired) electrons. The van der Waals surface area contributed by atoms with Gasteiger partial charge in [-0.2, -0.15) is 0 Å². The van der Waals surface area contributed by atoms with Gasteiger partial charge in [-0.3, -0.25) is 4.79 Å². The van der Waals surface area contributed by atoms with Crippen LogP contribution in [0.4, 0.5) is 11.5 Å². The molecule has 2 aromatic carbocycles. The van der Waals surface area contributed by atoms with E-state index in [9.17, 15) is 4.79 Å². The zero-order valence-corrected chi connectivity index (χ0v) is 17.5. The fourth-order valence-electron chi connectivity index (χ4n) is 3.90. The van der Waals surface area contributed by atoms with Crippen molar-refractivity contribution >= 4 is 28.3 Å². The number of carbonyl (C=O) groups excluding carboxylic acids is 1. The number of nitrogens with one attached hydrogen (secondary N) is 1. The molecule has 1 fully saturated rings. The van der Waals surface area contributed by atoms with Crippen LogP contribution < -0.4 is 14.8 Å². The Bertz CT molecular complexity index is 1040. The van der Waals surface area contributed by atoms with E-state index in [1.165, 1.54) is 12.8 Å². The van der Waals surface area contributed by atoms with E-state index in [-0.39, 0.29) is 5.91 Å². The van der Waals surface area contributed by atoms with E-state index in [2.05, 4.69) is 5.32 Å². The lowest BCUT2D eigenvalue weighted by Gasteiger charge is -2.22. The molecule has 0 atom stereocenters. The average molecular weight is 405 g/mol. The van der Waals surface area contributed by atoms with Crippen LogP contribution in [0.3, 0.4) is 0 Å². The van der Waals surface area contributed by atoms with Crippen molar-refractivity contribution in [2.24, 2.45) is 0 Å².